The largest absolute Gasteiger partial charge is 0.487 e. The van der Waals surface area contributed by atoms with Crippen LogP contribution < -0.4 is 15.8 Å². The van der Waals surface area contributed by atoms with E-state index in [0.717, 1.165) is 30.0 Å². The average Bonchev–Trinajstić information content (AvgIpc) is 2.58. The van der Waals surface area contributed by atoms with E-state index in [1.54, 1.807) is 6.20 Å². The Labute approximate surface area is 131 Å². The van der Waals surface area contributed by atoms with Crippen LogP contribution in [0.4, 0.5) is 0 Å². The minimum Gasteiger partial charge on any atom is -0.487 e. The number of nitrogens with one attached hydrogen (secondary N) is 1. The molecule has 22 heavy (non-hydrogen) atoms. The van der Waals surface area contributed by atoms with Crippen LogP contribution in [-0.2, 0) is 13.2 Å². The SMILES string of the molecule is CCCNC(N)=NCc1ccc(OCc2ccccn2)cc1. The lowest BCUT2D eigenvalue weighted by Crippen LogP contribution is -2.32. The standard InChI is InChI=1S/C17H22N4O/c1-2-10-20-17(18)21-12-14-6-8-16(9-7-14)22-13-15-5-3-4-11-19-15/h3-9,11H,2,10,12-13H2,1H3,(H3,18,20,21). The smallest absolute Gasteiger partial charge is 0.188 e. The Morgan fingerprint density at radius 2 is 2.05 bits per heavy atom. The van der Waals surface area contributed by atoms with Crippen molar-refractivity contribution in [2.24, 2.45) is 10.7 Å². The van der Waals surface area contributed by atoms with Gasteiger partial charge in [-0.15, -0.1) is 0 Å². The quantitative estimate of drug-likeness (QED) is 0.608. The van der Waals surface area contributed by atoms with Gasteiger partial charge >= 0.3 is 0 Å². The van der Waals surface area contributed by atoms with Gasteiger partial charge < -0.3 is 15.8 Å². The van der Waals surface area contributed by atoms with Crippen LogP contribution >= 0.6 is 0 Å². The summed E-state index contributed by atoms with van der Waals surface area (Å²) in [6.07, 6.45) is 2.79. The monoisotopic (exact) mass is 298 g/mol. The molecule has 5 heteroatoms. The number of hydrogen-bond donors (Lipinski definition) is 2. The summed E-state index contributed by atoms with van der Waals surface area (Å²) in [6, 6.07) is 13.6. The van der Waals surface area contributed by atoms with Gasteiger partial charge in [-0.2, -0.15) is 0 Å². The van der Waals surface area contributed by atoms with Crippen LogP contribution in [0.3, 0.4) is 0 Å². The van der Waals surface area contributed by atoms with Gasteiger partial charge in [-0.05, 0) is 36.2 Å². The zero-order valence-corrected chi connectivity index (χ0v) is 12.8. The van der Waals surface area contributed by atoms with E-state index in [0.29, 0.717) is 19.1 Å². The Balaban J connectivity index is 1.82. The van der Waals surface area contributed by atoms with Crippen LogP contribution in [0.15, 0.2) is 53.7 Å². The van der Waals surface area contributed by atoms with E-state index in [1.165, 1.54) is 0 Å². The van der Waals surface area contributed by atoms with Gasteiger partial charge in [0.15, 0.2) is 5.96 Å². The van der Waals surface area contributed by atoms with E-state index < -0.39 is 0 Å². The van der Waals surface area contributed by atoms with Gasteiger partial charge in [-0.25, -0.2) is 4.99 Å². The highest BCUT2D eigenvalue weighted by molar-refractivity contribution is 5.77. The topological polar surface area (TPSA) is 72.5 Å². The molecule has 116 valence electrons. The molecule has 0 amide bonds. The van der Waals surface area contributed by atoms with Crippen LogP contribution in [0.5, 0.6) is 5.75 Å². The van der Waals surface area contributed by atoms with Crippen molar-refractivity contribution in [3.63, 3.8) is 0 Å². The fraction of sp³-hybridized carbons (Fsp3) is 0.294. The third-order valence-electron chi connectivity index (χ3n) is 3.02. The lowest BCUT2D eigenvalue weighted by atomic mass is 10.2. The van der Waals surface area contributed by atoms with Crippen molar-refractivity contribution in [3.05, 3.63) is 59.9 Å². The predicted octanol–water partition coefficient (Wildman–Crippen LogP) is 2.47. The second-order valence-electron chi connectivity index (χ2n) is 4.88. The van der Waals surface area contributed by atoms with Crippen LogP contribution in [0.2, 0.25) is 0 Å². The third kappa shape index (κ3) is 5.44. The predicted molar refractivity (Wildman–Crippen MR) is 88.6 cm³/mol. The van der Waals surface area contributed by atoms with Gasteiger partial charge in [0, 0.05) is 12.7 Å². The summed E-state index contributed by atoms with van der Waals surface area (Å²) in [5.74, 6) is 1.30. The normalized spacial score (nSPS) is 11.2. The van der Waals surface area contributed by atoms with Crippen LogP contribution in [0, 0.1) is 0 Å². The van der Waals surface area contributed by atoms with Gasteiger partial charge in [0.2, 0.25) is 0 Å². The van der Waals surface area contributed by atoms with Gasteiger partial charge in [0.05, 0.1) is 12.2 Å². The maximum Gasteiger partial charge on any atom is 0.188 e. The summed E-state index contributed by atoms with van der Waals surface area (Å²) < 4.78 is 5.69. The number of aromatic nitrogens is 1. The van der Waals surface area contributed by atoms with E-state index >= 15 is 0 Å². The Bertz CT molecular complexity index is 581. The molecule has 0 saturated carbocycles. The fourth-order valence-corrected chi connectivity index (χ4v) is 1.82. The molecule has 2 rings (SSSR count). The third-order valence-corrected chi connectivity index (χ3v) is 3.02. The molecule has 0 aliphatic rings. The molecule has 0 bridgehead atoms. The number of rotatable bonds is 7. The lowest BCUT2D eigenvalue weighted by Gasteiger charge is -2.07. The van der Waals surface area contributed by atoms with E-state index in [4.69, 9.17) is 10.5 Å². The molecule has 3 N–H and O–H groups in total. The van der Waals surface area contributed by atoms with Crippen molar-refractivity contribution in [3.8, 4) is 5.75 Å². The molecule has 5 nitrogen and oxygen atoms in total. The van der Waals surface area contributed by atoms with E-state index in [2.05, 4.69) is 22.2 Å². The van der Waals surface area contributed by atoms with E-state index in [-0.39, 0.29) is 0 Å². The molecule has 1 heterocycles. The number of benzene rings is 1. The lowest BCUT2D eigenvalue weighted by molar-refractivity contribution is 0.301. The van der Waals surface area contributed by atoms with Gasteiger partial charge in [-0.1, -0.05) is 25.1 Å². The number of pyridine rings is 1. The highest BCUT2D eigenvalue weighted by Gasteiger charge is 1.98. The first-order valence-corrected chi connectivity index (χ1v) is 7.43. The van der Waals surface area contributed by atoms with Gasteiger partial charge in [-0.3, -0.25) is 4.98 Å². The highest BCUT2D eigenvalue weighted by atomic mass is 16.5. The first-order valence-electron chi connectivity index (χ1n) is 7.43. The summed E-state index contributed by atoms with van der Waals surface area (Å²) in [6.45, 7) is 3.95. The second kappa shape index (κ2) is 8.67. The maximum absolute atomic E-state index is 5.76. The average molecular weight is 298 g/mol. The van der Waals surface area contributed by atoms with Crippen molar-refractivity contribution in [2.45, 2.75) is 26.5 Å². The molecule has 0 saturated heterocycles. The Morgan fingerprint density at radius 3 is 2.73 bits per heavy atom. The van der Waals surface area contributed by atoms with Crippen molar-refractivity contribution in [1.29, 1.82) is 0 Å². The Morgan fingerprint density at radius 1 is 1.23 bits per heavy atom. The van der Waals surface area contributed by atoms with Crippen molar-refractivity contribution in [1.82, 2.24) is 10.3 Å². The van der Waals surface area contributed by atoms with Crippen LogP contribution in [-0.4, -0.2) is 17.5 Å². The van der Waals surface area contributed by atoms with Crippen LogP contribution in [0.1, 0.15) is 24.6 Å². The molecule has 0 aliphatic carbocycles. The summed E-state index contributed by atoms with van der Waals surface area (Å²) in [5, 5.41) is 3.05. The molecule has 0 spiro atoms. The summed E-state index contributed by atoms with van der Waals surface area (Å²) in [4.78, 5) is 8.51. The molecule has 1 aromatic heterocycles. The molecule has 0 fully saturated rings. The Hall–Kier alpha value is -2.56. The summed E-state index contributed by atoms with van der Waals surface area (Å²) in [5.41, 5.74) is 7.75. The molecule has 1 aromatic carbocycles. The second-order valence-corrected chi connectivity index (χ2v) is 4.88. The van der Waals surface area contributed by atoms with Gasteiger partial charge in [0.1, 0.15) is 12.4 Å². The molecular weight excluding hydrogens is 276 g/mol. The van der Waals surface area contributed by atoms with Crippen molar-refractivity contribution in [2.75, 3.05) is 6.54 Å². The highest BCUT2D eigenvalue weighted by Crippen LogP contribution is 2.14. The fourth-order valence-electron chi connectivity index (χ4n) is 1.82. The molecular formula is C17H22N4O. The first-order chi connectivity index (χ1) is 10.8. The van der Waals surface area contributed by atoms with Crippen LogP contribution in [0.25, 0.3) is 0 Å². The van der Waals surface area contributed by atoms with Crippen molar-refractivity contribution >= 4 is 5.96 Å². The number of nitrogens with two attached hydrogens (primary N) is 1. The zero-order chi connectivity index (χ0) is 15.6. The molecule has 0 unspecified atom stereocenters. The molecule has 0 aliphatic heterocycles. The minimum absolute atomic E-state index is 0.465. The van der Waals surface area contributed by atoms with Crippen molar-refractivity contribution < 1.29 is 4.74 Å². The molecule has 0 atom stereocenters. The van der Waals surface area contributed by atoms with E-state index in [1.807, 2.05) is 42.5 Å². The molecule has 2 aromatic rings. The van der Waals surface area contributed by atoms with E-state index in [9.17, 15) is 0 Å². The molecule has 0 radical (unpaired) electrons. The number of nitrogens with zero attached hydrogens (tertiary/aromatic N) is 2. The van der Waals surface area contributed by atoms with Gasteiger partial charge in [0.25, 0.3) is 0 Å². The Kier molecular flexibility index (Phi) is 6.23. The number of hydrogen-bond acceptors (Lipinski definition) is 3. The summed E-state index contributed by atoms with van der Waals surface area (Å²) >= 11 is 0. The summed E-state index contributed by atoms with van der Waals surface area (Å²) in [7, 11) is 0. The number of aliphatic imine (C=N–C) groups is 1. The number of guanidine groups is 1. The first kappa shape index (κ1) is 15.8. The number of ether oxygens (including phenoxy) is 1. The maximum atomic E-state index is 5.76. The minimum atomic E-state index is 0.465. The zero-order valence-electron chi connectivity index (χ0n) is 12.8.